The molecule has 6 heteroatoms. The number of carbonyl (C=O) groups is 1. The Morgan fingerprint density at radius 3 is 2.03 bits per heavy atom. The lowest BCUT2D eigenvalue weighted by Crippen LogP contribution is -2.50. The molecular formula is C25H28N2O3S. The van der Waals surface area contributed by atoms with Crippen LogP contribution in [-0.4, -0.2) is 26.4 Å². The van der Waals surface area contributed by atoms with Crippen LogP contribution in [0.1, 0.15) is 25.0 Å². The van der Waals surface area contributed by atoms with Crippen molar-refractivity contribution in [3.05, 3.63) is 96.1 Å². The molecule has 1 N–H and O–H groups in total. The molecule has 0 aliphatic carbocycles. The number of hydrogen-bond acceptors (Lipinski definition) is 3. The number of para-hydroxylation sites is 1. The smallest absolute Gasteiger partial charge is 0.264 e. The molecule has 3 rings (SSSR count). The van der Waals surface area contributed by atoms with Gasteiger partial charge in [-0.25, -0.2) is 8.42 Å². The van der Waals surface area contributed by atoms with Gasteiger partial charge in [0.2, 0.25) is 5.91 Å². The standard InChI is InChI=1S/C25H28N2O3S/c1-20-12-10-11-17-23(20)27(31(29,30)22-15-8-5-9-16-22)19-24(28)26-25(2,3)18-21-13-6-4-7-14-21/h4-17H,18-19H2,1-3H3,(H,26,28). The molecular weight excluding hydrogens is 408 g/mol. The Labute approximate surface area is 184 Å². The second-order valence-electron chi connectivity index (χ2n) is 8.21. The van der Waals surface area contributed by atoms with Crippen LogP contribution in [0.25, 0.3) is 0 Å². The van der Waals surface area contributed by atoms with Crippen LogP contribution < -0.4 is 9.62 Å². The summed E-state index contributed by atoms with van der Waals surface area (Å²) in [6.07, 6.45) is 0.634. The third-order valence-corrected chi connectivity index (χ3v) is 6.74. The minimum Gasteiger partial charge on any atom is -0.349 e. The molecule has 0 unspecified atom stereocenters. The van der Waals surface area contributed by atoms with Crippen molar-refractivity contribution in [3.63, 3.8) is 0 Å². The molecule has 0 saturated carbocycles. The molecule has 31 heavy (non-hydrogen) atoms. The van der Waals surface area contributed by atoms with Gasteiger partial charge in [0.05, 0.1) is 10.6 Å². The Hall–Kier alpha value is -3.12. The fourth-order valence-electron chi connectivity index (χ4n) is 3.56. The number of benzene rings is 3. The van der Waals surface area contributed by atoms with Gasteiger partial charge >= 0.3 is 0 Å². The lowest BCUT2D eigenvalue weighted by Gasteiger charge is -2.30. The largest absolute Gasteiger partial charge is 0.349 e. The molecule has 0 spiro atoms. The van der Waals surface area contributed by atoms with E-state index in [2.05, 4.69) is 5.32 Å². The molecule has 3 aromatic rings. The normalized spacial score (nSPS) is 11.7. The summed E-state index contributed by atoms with van der Waals surface area (Å²) in [5, 5.41) is 3.00. The molecule has 3 aromatic carbocycles. The van der Waals surface area contributed by atoms with Crippen LogP contribution in [0, 0.1) is 6.92 Å². The maximum atomic E-state index is 13.4. The summed E-state index contributed by atoms with van der Waals surface area (Å²) in [6, 6.07) is 25.2. The highest BCUT2D eigenvalue weighted by Crippen LogP contribution is 2.26. The number of aryl methyl sites for hydroxylation is 1. The maximum absolute atomic E-state index is 13.4. The summed E-state index contributed by atoms with van der Waals surface area (Å²) in [5.74, 6) is -0.358. The Morgan fingerprint density at radius 1 is 0.871 bits per heavy atom. The number of amides is 1. The number of nitrogens with zero attached hydrogens (tertiary/aromatic N) is 1. The van der Waals surface area contributed by atoms with Gasteiger partial charge in [-0.3, -0.25) is 9.10 Å². The molecule has 0 aromatic heterocycles. The first-order chi connectivity index (χ1) is 14.7. The average molecular weight is 437 g/mol. The zero-order chi connectivity index (χ0) is 22.5. The molecule has 5 nitrogen and oxygen atoms in total. The van der Waals surface area contributed by atoms with Crippen LogP contribution in [0.5, 0.6) is 0 Å². The van der Waals surface area contributed by atoms with Gasteiger partial charge in [-0.2, -0.15) is 0 Å². The summed E-state index contributed by atoms with van der Waals surface area (Å²) in [5.41, 5.74) is 1.83. The first-order valence-electron chi connectivity index (χ1n) is 10.2. The van der Waals surface area contributed by atoms with Crippen molar-refractivity contribution in [1.29, 1.82) is 0 Å². The third-order valence-electron chi connectivity index (χ3n) is 4.97. The van der Waals surface area contributed by atoms with Crippen molar-refractivity contribution in [2.45, 2.75) is 37.6 Å². The fraction of sp³-hybridized carbons (Fsp3) is 0.240. The number of anilines is 1. The number of carbonyl (C=O) groups excluding carboxylic acids is 1. The highest BCUT2D eigenvalue weighted by atomic mass is 32.2. The lowest BCUT2D eigenvalue weighted by atomic mass is 9.95. The summed E-state index contributed by atoms with van der Waals surface area (Å²) in [7, 11) is -3.91. The van der Waals surface area contributed by atoms with E-state index in [0.29, 0.717) is 12.1 Å². The molecule has 0 atom stereocenters. The Balaban J connectivity index is 1.87. The van der Waals surface area contributed by atoms with Gasteiger partial charge in [-0.15, -0.1) is 0 Å². The second-order valence-corrected chi connectivity index (χ2v) is 10.1. The molecule has 0 bridgehead atoms. The monoisotopic (exact) mass is 436 g/mol. The minimum absolute atomic E-state index is 0.148. The summed E-state index contributed by atoms with van der Waals surface area (Å²) in [6.45, 7) is 5.39. The highest BCUT2D eigenvalue weighted by molar-refractivity contribution is 7.92. The Bertz CT molecular complexity index is 1130. The van der Waals surface area contributed by atoms with Crippen molar-refractivity contribution in [2.75, 3.05) is 10.8 Å². The molecule has 0 aliphatic heterocycles. The first-order valence-corrected chi connectivity index (χ1v) is 11.6. The van der Waals surface area contributed by atoms with Crippen LogP contribution >= 0.6 is 0 Å². The molecule has 0 fully saturated rings. The van der Waals surface area contributed by atoms with Gasteiger partial charge in [0.25, 0.3) is 10.0 Å². The Kier molecular flexibility index (Phi) is 6.81. The minimum atomic E-state index is -3.91. The second kappa shape index (κ2) is 9.35. The van der Waals surface area contributed by atoms with E-state index in [1.165, 1.54) is 16.4 Å². The van der Waals surface area contributed by atoms with Crippen LogP contribution in [0.4, 0.5) is 5.69 Å². The van der Waals surface area contributed by atoms with Gasteiger partial charge in [0, 0.05) is 5.54 Å². The number of sulfonamides is 1. The van der Waals surface area contributed by atoms with Gasteiger partial charge in [0.15, 0.2) is 0 Å². The topological polar surface area (TPSA) is 66.5 Å². The van der Waals surface area contributed by atoms with Crippen molar-refractivity contribution in [1.82, 2.24) is 5.32 Å². The van der Waals surface area contributed by atoms with Crippen LogP contribution in [0.3, 0.4) is 0 Å². The maximum Gasteiger partial charge on any atom is 0.264 e. The van der Waals surface area contributed by atoms with E-state index in [1.807, 2.05) is 63.2 Å². The quantitative estimate of drug-likeness (QED) is 0.572. The summed E-state index contributed by atoms with van der Waals surface area (Å²) in [4.78, 5) is 13.2. The molecule has 0 saturated heterocycles. The predicted octanol–water partition coefficient (Wildman–Crippen LogP) is 4.33. The van der Waals surface area contributed by atoms with E-state index in [1.54, 1.807) is 30.3 Å². The highest BCUT2D eigenvalue weighted by Gasteiger charge is 2.30. The SMILES string of the molecule is Cc1ccccc1N(CC(=O)NC(C)(C)Cc1ccccc1)S(=O)(=O)c1ccccc1. The third kappa shape index (κ3) is 5.73. The van der Waals surface area contributed by atoms with E-state index in [-0.39, 0.29) is 17.3 Å². The zero-order valence-corrected chi connectivity index (χ0v) is 18.9. The van der Waals surface area contributed by atoms with E-state index in [9.17, 15) is 13.2 Å². The fourth-order valence-corrected chi connectivity index (χ4v) is 5.07. The Morgan fingerprint density at radius 2 is 1.42 bits per heavy atom. The number of nitrogens with one attached hydrogen (secondary N) is 1. The van der Waals surface area contributed by atoms with Crippen LogP contribution in [-0.2, 0) is 21.2 Å². The van der Waals surface area contributed by atoms with Crippen molar-refractivity contribution < 1.29 is 13.2 Å². The lowest BCUT2D eigenvalue weighted by molar-refractivity contribution is -0.121. The first kappa shape index (κ1) is 22.6. The molecule has 0 aliphatic rings. The van der Waals surface area contributed by atoms with Crippen LogP contribution in [0.2, 0.25) is 0 Å². The average Bonchev–Trinajstić information content (AvgIpc) is 2.73. The van der Waals surface area contributed by atoms with E-state index in [4.69, 9.17) is 0 Å². The van der Waals surface area contributed by atoms with Crippen molar-refractivity contribution >= 4 is 21.6 Å². The number of hydrogen-bond donors (Lipinski definition) is 1. The van der Waals surface area contributed by atoms with Crippen molar-refractivity contribution in [2.24, 2.45) is 0 Å². The summed E-state index contributed by atoms with van der Waals surface area (Å²) >= 11 is 0. The molecule has 0 radical (unpaired) electrons. The van der Waals surface area contributed by atoms with Crippen LogP contribution in [0.15, 0.2) is 89.8 Å². The number of rotatable bonds is 8. The van der Waals surface area contributed by atoms with Crippen molar-refractivity contribution in [3.8, 4) is 0 Å². The van der Waals surface area contributed by atoms with E-state index >= 15 is 0 Å². The molecule has 0 heterocycles. The summed E-state index contributed by atoms with van der Waals surface area (Å²) < 4.78 is 28.0. The van der Waals surface area contributed by atoms with Gasteiger partial charge in [-0.1, -0.05) is 66.7 Å². The molecule has 1 amide bonds. The predicted molar refractivity (Wildman–Crippen MR) is 125 cm³/mol. The molecule has 162 valence electrons. The van der Waals surface area contributed by atoms with Gasteiger partial charge in [-0.05, 0) is 56.5 Å². The van der Waals surface area contributed by atoms with Gasteiger partial charge < -0.3 is 5.32 Å². The zero-order valence-electron chi connectivity index (χ0n) is 18.1. The van der Waals surface area contributed by atoms with E-state index in [0.717, 1.165) is 11.1 Å². The van der Waals surface area contributed by atoms with Gasteiger partial charge in [0.1, 0.15) is 6.54 Å². The van der Waals surface area contributed by atoms with E-state index < -0.39 is 15.6 Å².